The molecule has 2 N–H and O–H groups in total. The summed E-state index contributed by atoms with van der Waals surface area (Å²) in [7, 11) is 0. The Balaban J connectivity index is 1.24. The molecule has 4 aromatic rings. The summed E-state index contributed by atoms with van der Waals surface area (Å²) in [5.41, 5.74) is 6.52. The number of aryl methyl sites for hydroxylation is 1. The van der Waals surface area contributed by atoms with Gasteiger partial charge < -0.3 is 15.1 Å². The topological polar surface area (TPSA) is 46.8 Å². The molecule has 0 unspecified atom stereocenters. The molecule has 7 heteroatoms. The Morgan fingerprint density at radius 1 is 1.05 bits per heavy atom. The number of anilines is 2. The van der Waals surface area contributed by atoms with E-state index in [-0.39, 0.29) is 0 Å². The summed E-state index contributed by atoms with van der Waals surface area (Å²) in [6, 6.07) is 28.7. The molecule has 4 heterocycles. The Hall–Kier alpha value is -3.97. The minimum Gasteiger partial charge on any atom is -0.354 e. The zero-order valence-corrected chi connectivity index (χ0v) is 25.2. The maximum absolute atomic E-state index is 4.67. The summed E-state index contributed by atoms with van der Waals surface area (Å²) in [6.07, 6.45) is 6.93. The SMILES string of the molecule is CCCN(CCCNc1cc(/C=C2\Sc3cccc4c3N2CCC4)c2ccccc2[n+]1-c1ccccc1)C1=NCCN1. The third-order valence-electron chi connectivity index (χ3n) is 8.30. The van der Waals surface area contributed by atoms with E-state index in [0.717, 1.165) is 69.6 Å². The number of rotatable bonds is 9. The molecule has 0 saturated heterocycles. The zero-order chi connectivity index (χ0) is 28.3. The number of hydrogen-bond donors (Lipinski definition) is 2. The number of thioether (sulfide) groups is 1. The molecule has 0 spiro atoms. The third-order valence-corrected chi connectivity index (χ3v) is 9.40. The molecule has 0 radical (unpaired) electrons. The van der Waals surface area contributed by atoms with Gasteiger partial charge in [0.05, 0.1) is 23.8 Å². The maximum atomic E-state index is 4.67. The van der Waals surface area contributed by atoms with Crippen molar-refractivity contribution in [3.8, 4) is 5.69 Å². The van der Waals surface area contributed by atoms with E-state index in [9.17, 15) is 0 Å². The second-order valence-electron chi connectivity index (χ2n) is 11.2. The van der Waals surface area contributed by atoms with Crippen molar-refractivity contribution in [2.45, 2.75) is 37.5 Å². The van der Waals surface area contributed by atoms with Gasteiger partial charge in [0.25, 0.3) is 5.82 Å². The third kappa shape index (κ3) is 5.22. The van der Waals surface area contributed by atoms with E-state index in [1.807, 2.05) is 11.8 Å². The number of para-hydroxylation sites is 3. The molecule has 7 rings (SSSR count). The predicted molar refractivity (Wildman–Crippen MR) is 177 cm³/mol. The number of aromatic nitrogens is 1. The van der Waals surface area contributed by atoms with Crippen LogP contribution < -0.4 is 20.1 Å². The largest absolute Gasteiger partial charge is 0.354 e. The minimum atomic E-state index is 0.877. The van der Waals surface area contributed by atoms with E-state index in [4.69, 9.17) is 0 Å². The van der Waals surface area contributed by atoms with Crippen LogP contribution in [0.1, 0.15) is 37.3 Å². The first-order valence-electron chi connectivity index (χ1n) is 15.4. The molecular weight excluding hydrogens is 536 g/mol. The van der Waals surface area contributed by atoms with Crippen molar-refractivity contribution in [3.63, 3.8) is 0 Å². The van der Waals surface area contributed by atoms with Crippen LogP contribution in [0.3, 0.4) is 0 Å². The van der Waals surface area contributed by atoms with Crippen molar-refractivity contribution in [1.82, 2.24) is 10.2 Å². The van der Waals surface area contributed by atoms with E-state index >= 15 is 0 Å². The van der Waals surface area contributed by atoms with E-state index < -0.39 is 0 Å². The number of benzene rings is 3. The van der Waals surface area contributed by atoms with Gasteiger partial charge in [-0.25, -0.2) is 0 Å². The second kappa shape index (κ2) is 12.1. The van der Waals surface area contributed by atoms with Gasteiger partial charge in [0.1, 0.15) is 11.2 Å². The molecule has 0 amide bonds. The van der Waals surface area contributed by atoms with E-state index in [2.05, 4.69) is 122 Å². The molecule has 0 bridgehead atoms. The fourth-order valence-electron chi connectivity index (χ4n) is 6.44. The maximum Gasteiger partial charge on any atom is 0.280 e. The molecule has 42 heavy (non-hydrogen) atoms. The lowest BCUT2D eigenvalue weighted by molar-refractivity contribution is -0.551. The van der Waals surface area contributed by atoms with Gasteiger partial charge in [0.2, 0.25) is 0 Å². The van der Waals surface area contributed by atoms with Crippen LogP contribution in [-0.4, -0.2) is 50.1 Å². The number of guanidine groups is 1. The van der Waals surface area contributed by atoms with Crippen LogP contribution in [0.25, 0.3) is 22.7 Å². The molecule has 3 aromatic carbocycles. The Labute approximate surface area is 253 Å². The zero-order valence-electron chi connectivity index (χ0n) is 24.4. The molecule has 6 nitrogen and oxygen atoms in total. The monoisotopic (exact) mass is 575 g/mol. The Morgan fingerprint density at radius 3 is 2.79 bits per heavy atom. The number of aliphatic imine (C=N–C) groups is 1. The molecule has 0 fully saturated rings. The number of fused-ring (bicyclic) bond motifs is 1. The summed E-state index contributed by atoms with van der Waals surface area (Å²) >= 11 is 1.91. The van der Waals surface area contributed by atoms with Crippen LogP contribution in [0, 0.1) is 0 Å². The van der Waals surface area contributed by atoms with Crippen molar-refractivity contribution in [1.29, 1.82) is 0 Å². The number of hydrogen-bond acceptors (Lipinski definition) is 6. The summed E-state index contributed by atoms with van der Waals surface area (Å²) in [4.78, 5) is 11.0. The first-order chi connectivity index (χ1) is 20.8. The van der Waals surface area contributed by atoms with Gasteiger partial charge in [-0.05, 0) is 60.7 Å². The Morgan fingerprint density at radius 2 is 1.93 bits per heavy atom. The van der Waals surface area contributed by atoms with Crippen molar-refractivity contribution >= 4 is 46.2 Å². The van der Waals surface area contributed by atoms with Crippen LogP contribution in [-0.2, 0) is 6.42 Å². The lowest BCUT2D eigenvalue weighted by atomic mass is 10.0. The molecule has 0 aliphatic carbocycles. The normalized spacial score (nSPS) is 16.5. The van der Waals surface area contributed by atoms with Crippen LogP contribution in [0.15, 0.2) is 93.8 Å². The van der Waals surface area contributed by atoms with E-state index in [0.29, 0.717) is 0 Å². The minimum absolute atomic E-state index is 0.877. The lowest BCUT2D eigenvalue weighted by Gasteiger charge is -2.27. The van der Waals surface area contributed by atoms with Crippen molar-refractivity contribution in [3.05, 3.63) is 95.0 Å². The molecular formula is C35H39N6S+. The smallest absolute Gasteiger partial charge is 0.280 e. The van der Waals surface area contributed by atoms with Gasteiger partial charge in [-0.3, -0.25) is 10.3 Å². The summed E-state index contributed by atoms with van der Waals surface area (Å²) < 4.78 is 2.37. The molecule has 0 saturated carbocycles. The van der Waals surface area contributed by atoms with Crippen LogP contribution in [0.5, 0.6) is 0 Å². The fourth-order valence-corrected chi connectivity index (χ4v) is 7.63. The van der Waals surface area contributed by atoms with E-state index in [1.165, 1.54) is 50.5 Å². The molecule has 3 aliphatic heterocycles. The van der Waals surface area contributed by atoms with Crippen LogP contribution in [0.2, 0.25) is 0 Å². The second-order valence-corrected chi connectivity index (χ2v) is 12.2. The average Bonchev–Trinajstić information content (AvgIpc) is 3.69. The summed E-state index contributed by atoms with van der Waals surface area (Å²) in [5, 5.41) is 9.88. The number of pyridine rings is 1. The van der Waals surface area contributed by atoms with Gasteiger partial charge in [-0.2, -0.15) is 4.57 Å². The summed E-state index contributed by atoms with van der Waals surface area (Å²) in [6.45, 7) is 8.03. The standard InChI is InChI=1S/C35H38N6S/c1-2-21-39(35-37-19-20-38-35)22-10-18-36-32-24-27(25-33-40-23-9-12-26-11-8-17-31(42-33)34(26)40)29-15-6-7-16-30(29)41(32)28-13-4-3-5-14-28/h3-8,11,13-17,24-25H,2,9-10,12,18-23H2,1H3,(H,37,38)/p+1/b33-25-. The first-order valence-corrected chi connectivity index (χ1v) is 16.2. The quantitative estimate of drug-likeness (QED) is 0.178. The van der Waals surface area contributed by atoms with Gasteiger partial charge in [-0.1, -0.05) is 67.2 Å². The molecule has 0 atom stereocenters. The summed E-state index contributed by atoms with van der Waals surface area (Å²) in [5.74, 6) is 2.18. The van der Waals surface area contributed by atoms with Gasteiger partial charge in [-0.15, -0.1) is 0 Å². The molecule has 1 aromatic heterocycles. The van der Waals surface area contributed by atoms with E-state index in [1.54, 1.807) is 0 Å². The van der Waals surface area contributed by atoms with Crippen molar-refractivity contribution < 1.29 is 4.57 Å². The number of nitrogens with zero attached hydrogens (tertiary/aromatic N) is 4. The highest BCUT2D eigenvalue weighted by Gasteiger charge is 2.30. The van der Waals surface area contributed by atoms with Crippen molar-refractivity contribution in [2.75, 3.05) is 49.5 Å². The van der Waals surface area contributed by atoms with Crippen molar-refractivity contribution in [2.24, 2.45) is 4.99 Å². The molecule has 3 aliphatic rings. The van der Waals surface area contributed by atoms with Crippen LogP contribution >= 0.6 is 11.8 Å². The van der Waals surface area contributed by atoms with Gasteiger partial charge >= 0.3 is 0 Å². The highest BCUT2D eigenvalue weighted by atomic mass is 32.2. The highest BCUT2D eigenvalue weighted by molar-refractivity contribution is 8.03. The van der Waals surface area contributed by atoms with Gasteiger partial charge in [0.15, 0.2) is 5.96 Å². The van der Waals surface area contributed by atoms with Gasteiger partial charge in [0, 0.05) is 48.9 Å². The van der Waals surface area contributed by atoms with Crippen LogP contribution in [0.4, 0.5) is 11.5 Å². The number of nitrogens with one attached hydrogen (secondary N) is 2. The Bertz CT molecular complexity index is 1650. The predicted octanol–water partition coefficient (Wildman–Crippen LogP) is 6.45. The average molecular weight is 576 g/mol. The fraction of sp³-hybridized carbons (Fsp3) is 0.314. The lowest BCUT2D eigenvalue weighted by Crippen LogP contribution is -2.40. The Kier molecular flexibility index (Phi) is 7.75. The molecule has 214 valence electrons. The first kappa shape index (κ1) is 26.9. The highest BCUT2D eigenvalue weighted by Crippen LogP contribution is 2.50.